The highest BCUT2D eigenvalue weighted by Crippen LogP contribution is 2.36. The lowest BCUT2D eigenvalue weighted by Gasteiger charge is -2.29. The molecule has 0 spiro atoms. The molecule has 2 aliphatic rings. The molecule has 1 aliphatic heterocycles. The number of thioether (sulfide) groups is 1. The quantitative estimate of drug-likeness (QED) is 0.801. The van der Waals surface area contributed by atoms with Crippen molar-refractivity contribution in [2.75, 3.05) is 0 Å². The van der Waals surface area contributed by atoms with Gasteiger partial charge in [0.1, 0.15) is 0 Å². The van der Waals surface area contributed by atoms with E-state index >= 15 is 0 Å². The lowest BCUT2D eigenvalue weighted by atomic mass is 9.94. The number of hydrogen-bond donors (Lipinski definition) is 0. The van der Waals surface area contributed by atoms with Crippen LogP contribution in [0.25, 0.3) is 0 Å². The Hall–Kier alpha value is -1.29. The normalized spacial score (nSPS) is 23.9. The van der Waals surface area contributed by atoms with Crippen molar-refractivity contribution in [3.8, 4) is 0 Å². The molecule has 2 amide bonds. The number of carbonyl (C=O) groups excluding carboxylic acids is 2. The third-order valence-electron chi connectivity index (χ3n) is 4.44. The van der Waals surface area contributed by atoms with Crippen molar-refractivity contribution >= 4 is 23.6 Å². The summed E-state index contributed by atoms with van der Waals surface area (Å²) in [5, 5.41) is -0.236. The second-order valence-electron chi connectivity index (χ2n) is 5.97. The van der Waals surface area contributed by atoms with Crippen molar-refractivity contribution in [1.82, 2.24) is 4.90 Å². The first kappa shape index (κ1) is 14.6. The van der Waals surface area contributed by atoms with E-state index in [4.69, 9.17) is 0 Å². The fourth-order valence-electron chi connectivity index (χ4n) is 3.28. The Balaban J connectivity index is 1.72. The second-order valence-corrected chi connectivity index (χ2v) is 7.21. The highest BCUT2D eigenvalue weighted by atomic mass is 32.2. The van der Waals surface area contributed by atoms with Gasteiger partial charge in [-0.3, -0.25) is 14.5 Å². The summed E-state index contributed by atoms with van der Waals surface area (Å²) in [4.78, 5) is 27.6. The van der Waals surface area contributed by atoms with Crippen LogP contribution in [0.1, 0.15) is 44.1 Å². The van der Waals surface area contributed by atoms with Crippen molar-refractivity contribution in [2.45, 2.75) is 61.6 Å². The molecule has 1 aliphatic carbocycles. The SMILES string of the molecule is Cc1ccccc1SC1CC(=O)N(C2CCCCC2)C1=O. The van der Waals surface area contributed by atoms with Crippen molar-refractivity contribution in [3.63, 3.8) is 0 Å². The molecule has 3 rings (SSSR count). The van der Waals surface area contributed by atoms with Gasteiger partial charge in [-0.25, -0.2) is 0 Å². The maximum atomic E-state index is 12.6. The Bertz CT molecular complexity index is 551. The van der Waals surface area contributed by atoms with Crippen LogP contribution in [0.4, 0.5) is 0 Å². The third-order valence-corrected chi connectivity index (χ3v) is 5.81. The maximum Gasteiger partial charge on any atom is 0.243 e. The minimum atomic E-state index is -0.236. The first-order valence-electron chi connectivity index (χ1n) is 7.75. The summed E-state index contributed by atoms with van der Waals surface area (Å²) in [6, 6.07) is 8.20. The largest absolute Gasteiger partial charge is 0.278 e. The fourth-order valence-corrected chi connectivity index (χ4v) is 4.44. The molecule has 0 aromatic heterocycles. The minimum Gasteiger partial charge on any atom is -0.278 e. The summed E-state index contributed by atoms with van der Waals surface area (Å²) < 4.78 is 0. The van der Waals surface area contributed by atoms with E-state index in [1.54, 1.807) is 16.7 Å². The van der Waals surface area contributed by atoms with Gasteiger partial charge in [0, 0.05) is 17.4 Å². The van der Waals surface area contributed by atoms with Gasteiger partial charge in [-0.2, -0.15) is 0 Å². The first-order chi connectivity index (χ1) is 10.2. The van der Waals surface area contributed by atoms with E-state index in [0.717, 1.165) is 30.6 Å². The number of rotatable bonds is 3. The van der Waals surface area contributed by atoms with Gasteiger partial charge in [0.2, 0.25) is 11.8 Å². The predicted octanol–water partition coefficient (Wildman–Crippen LogP) is 3.55. The van der Waals surface area contributed by atoms with E-state index in [-0.39, 0.29) is 23.1 Å². The Labute approximate surface area is 130 Å². The highest BCUT2D eigenvalue weighted by molar-refractivity contribution is 8.00. The summed E-state index contributed by atoms with van der Waals surface area (Å²) in [6.07, 6.45) is 5.83. The molecule has 1 heterocycles. The maximum absolute atomic E-state index is 12.6. The molecule has 112 valence electrons. The molecule has 0 radical (unpaired) electrons. The molecule has 3 nitrogen and oxygen atoms in total. The number of imide groups is 1. The molecule has 2 fully saturated rings. The zero-order chi connectivity index (χ0) is 14.8. The zero-order valence-electron chi connectivity index (χ0n) is 12.4. The number of amides is 2. The van der Waals surface area contributed by atoms with Crippen LogP contribution in [0.15, 0.2) is 29.2 Å². The Morgan fingerprint density at radius 2 is 1.81 bits per heavy atom. The summed E-state index contributed by atoms with van der Waals surface area (Å²) in [6.45, 7) is 2.04. The van der Waals surface area contributed by atoms with Crippen molar-refractivity contribution in [3.05, 3.63) is 29.8 Å². The van der Waals surface area contributed by atoms with Crippen LogP contribution in [-0.4, -0.2) is 28.0 Å². The lowest BCUT2D eigenvalue weighted by molar-refractivity contribution is -0.141. The molecule has 0 N–H and O–H groups in total. The summed E-state index contributed by atoms with van der Waals surface area (Å²) in [7, 11) is 0. The summed E-state index contributed by atoms with van der Waals surface area (Å²) in [5.41, 5.74) is 1.17. The first-order valence-corrected chi connectivity index (χ1v) is 8.63. The van der Waals surface area contributed by atoms with Gasteiger partial charge in [-0.05, 0) is 31.4 Å². The summed E-state index contributed by atoms with van der Waals surface area (Å²) >= 11 is 1.55. The highest BCUT2D eigenvalue weighted by Gasteiger charge is 2.42. The molecule has 1 unspecified atom stereocenters. The standard InChI is InChI=1S/C17H21NO2S/c1-12-7-5-6-10-14(12)21-15-11-16(19)18(17(15)20)13-8-3-2-4-9-13/h5-7,10,13,15H,2-4,8-9,11H2,1H3. The number of likely N-dealkylation sites (tertiary alicyclic amines) is 1. The van der Waals surface area contributed by atoms with Gasteiger partial charge in [0.15, 0.2) is 0 Å². The van der Waals surface area contributed by atoms with Crippen molar-refractivity contribution < 1.29 is 9.59 Å². The van der Waals surface area contributed by atoms with Crippen LogP contribution in [0.2, 0.25) is 0 Å². The average Bonchev–Trinajstić information content (AvgIpc) is 2.77. The van der Waals surface area contributed by atoms with Gasteiger partial charge >= 0.3 is 0 Å². The van der Waals surface area contributed by atoms with Gasteiger partial charge in [0.25, 0.3) is 0 Å². The van der Waals surface area contributed by atoms with E-state index in [2.05, 4.69) is 0 Å². The molecular weight excluding hydrogens is 282 g/mol. The number of benzene rings is 1. The Kier molecular flexibility index (Phi) is 4.34. The van der Waals surface area contributed by atoms with Gasteiger partial charge in [-0.15, -0.1) is 11.8 Å². The second kappa shape index (κ2) is 6.22. The molecular formula is C17H21NO2S. The molecule has 0 bridgehead atoms. The molecule has 21 heavy (non-hydrogen) atoms. The molecule has 1 atom stereocenters. The predicted molar refractivity (Wildman–Crippen MR) is 84.2 cm³/mol. The Morgan fingerprint density at radius 1 is 1.10 bits per heavy atom. The molecule has 1 saturated heterocycles. The van der Waals surface area contributed by atoms with Crippen LogP contribution in [0, 0.1) is 6.92 Å². The number of nitrogens with zero attached hydrogens (tertiary/aromatic N) is 1. The smallest absolute Gasteiger partial charge is 0.243 e. The molecule has 1 aromatic rings. The molecule has 1 saturated carbocycles. The van der Waals surface area contributed by atoms with Gasteiger partial charge in [0.05, 0.1) is 5.25 Å². The van der Waals surface area contributed by atoms with E-state index in [1.807, 2.05) is 31.2 Å². The fraction of sp³-hybridized carbons (Fsp3) is 0.529. The van der Waals surface area contributed by atoms with Gasteiger partial charge < -0.3 is 0 Å². The van der Waals surface area contributed by atoms with Crippen LogP contribution in [0.5, 0.6) is 0 Å². The number of carbonyl (C=O) groups is 2. The van der Waals surface area contributed by atoms with Crippen LogP contribution in [0.3, 0.4) is 0 Å². The van der Waals surface area contributed by atoms with E-state index in [9.17, 15) is 9.59 Å². The number of hydrogen-bond acceptors (Lipinski definition) is 3. The average molecular weight is 303 g/mol. The van der Waals surface area contributed by atoms with E-state index < -0.39 is 0 Å². The molecule has 4 heteroatoms. The van der Waals surface area contributed by atoms with Gasteiger partial charge in [-0.1, -0.05) is 37.5 Å². The van der Waals surface area contributed by atoms with E-state index in [0.29, 0.717) is 6.42 Å². The lowest BCUT2D eigenvalue weighted by Crippen LogP contribution is -2.41. The topological polar surface area (TPSA) is 37.4 Å². The zero-order valence-corrected chi connectivity index (χ0v) is 13.2. The van der Waals surface area contributed by atoms with Crippen LogP contribution >= 0.6 is 11.8 Å². The van der Waals surface area contributed by atoms with Crippen molar-refractivity contribution in [2.24, 2.45) is 0 Å². The molecule has 1 aromatic carbocycles. The minimum absolute atomic E-state index is 0.0259. The third kappa shape index (κ3) is 3.00. The summed E-state index contributed by atoms with van der Waals surface area (Å²) in [5.74, 6) is 0.0538. The number of aryl methyl sites for hydroxylation is 1. The van der Waals surface area contributed by atoms with Crippen LogP contribution in [-0.2, 0) is 9.59 Å². The van der Waals surface area contributed by atoms with Crippen LogP contribution < -0.4 is 0 Å². The van der Waals surface area contributed by atoms with Crippen molar-refractivity contribution in [1.29, 1.82) is 0 Å². The monoisotopic (exact) mass is 303 g/mol. The Morgan fingerprint density at radius 3 is 2.52 bits per heavy atom. The van der Waals surface area contributed by atoms with E-state index in [1.165, 1.54) is 12.0 Å².